The van der Waals surface area contributed by atoms with Crippen LogP contribution in [0, 0.1) is 11.8 Å². The molecule has 1 rings (SSSR count). The van der Waals surface area contributed by atoms with Crippen molar-refractivity contribution in [3.63, 3.8) is 0 Å². The lowest BCUT2D eigenvalue weighted by Crippen LogP contribution is -2.15. The molecule has 0 N–H and O–H groups in total. The maximum Gasteiger partial charge on any atom is 0.308 e. The number of ether oxygens (including phenoxy) is 3. The van der Waals surface area contributed by atoms with Crippen LogP contribution in [0.2, 0.25) is 0 Å². The van der Waals surface area contributed by atoms with Gasteiger partial charge >= 0.3 is 5.97 Å². The largest absolute Gasteiger partial charge is 0.469 e. The molecule has 3 atom stereocenters. The minimum Gasteiger partial charge on any atom is -0.469 e. The number of methoxy groups -OCH3 is 2. The molecule has 0 aromatic rings. The van der Waals surface area contributed by atoms with Gasteiger partial charge < -0.3 is 14.2 Å². The van der Waals surface area contributed by atoms with Gasteiger partial charge in [0.05, 0.1) is 19.6 Å². The molecule has 0 aromatic carbocycles. The highest BCUT2D eigenvalue weighted by Gasteiger charge is 2.30. The van der Waals surface area contributed by atoms with Crippen LogP contribution in [0.25, 0.3) is 0 Å². The third-order valence-electron chi connectivity index (χ3n) is 3.31. The van der Waals surface area contributed by atoms with Crippen molar-refractivity contribution in [3.05, 3.63) is 12.7 Å². The second kappa shape index (κ2) is 7.45. The Kier molecular flexibility index (Phi) is 6.22. The molecule has 4 nitrogen and oxygen atoms in total. The monoisotopic (exact) mass is 242 g/mol. The number of rotatable bonds is 7. The molecular formula is C13H22O4. The average Bonchev–Trinajstić information content (AvgIpc) is 2.82. The molecule has 0 heterocycles. The first-order valence-corrected chi connectivity index (χ1v) is 6.06. The SMILES string of the molecule is C=CC(OC)OCCC1CCC(C(=O)OC)C1. The first-order chi connectivity index (χ1) is 8.21. The van der Waals surface area contributed by atoms with Gasteiger partial charge in [-0.2, -0.15) is 0 Å². The van der Waals surface area contributed by atoms with Crippen LogP contribution in [0.3, 0.4) is 0 Å². The lowest BCUT2D eigenvalue weighted by atomic mass is 10.0. The predicted molar refractivity (Wildman–Crippen MR) is 64.4 cm³/mol. The lowest BCUT2D eigenvalue weighted by molar-refractivity contribution is -0.145. The highest BCUT2D eigenvalue weighted by Crippen LogP contribution is 2.33. The standard InChI is InChI=1S/C13H22O4/c1-4-12(15-2)17-8-7-10-5-6-11(9-10)13(14)16-3/h4,10-12H,1,5-9H2,2-3H3. The minimum atomic E-state index is -0.326. The van der Waals surface area contributed by atoms with Gasteiger partial charge in [0, 0.05) is 7.11 Å². The topological polar surface area (TPSA) is 44.8 Å². The summed E-state index contributed by atoms with van der Waals surface area (Å²) in [5.74, 6) is 0.568. The summed E-state index contributed by atoms with van der Waals surface area (Å²) in [5, 5.41) is 0. The number of esters is 1. The first kappa shape index (κ1) is 14.2. The smallest absolute Gasteiger partial charge is 0.308 e. The van der Waals surface area contributed by atoms with Crippen LogP contribution < -0.4 is 0 Å². The van der Waals surface area contributed by atoms with Gasteiger partial charge in [-0.05, 0) is 37.7 Å². The molecule has 0 aliphatic heterocycles. The molecule has 0 spiro atoms. The zero-order valence-corrected chi connectivity index (χ0v) is 10.7. The van der Waals surface area contributed by atoms with E-state index in [9.17, 15) is 4.79 Å². The Hall–Kier alpha value is -0.870. The lowest BCUT2D eigenvalue weighted by Gasteiger charge is -2.14. The molecule has 0 bridgehead atoms. The van der Waals surface area contributed by atoms with Gasteiger partial charge in [-0.1, -0.05) is 6.58 Å². The molecule has 0 amide bonds. The summed E-state index contributed by atoms with van der Waals surface area (Å²) >= 11 is 0. The molecule has 0 saturated heterocycles. The van der Waals surface area contributed by atoms with Crippen LogP contribution in [0.5, 0.6) is 0 Å². The highest BCUT2D eigenvalue weighted by atomic mass is 16.7. The maximum absolute atomic E-state index is 11.3. The zero-order valence-electron chi connectivity index (χ0n) is 10.7. The normalized spacial score (nSPS) is 25.5. The molecule has 1 saturated carbocycles. The van der Waals surface area contributed by atoms with Crippen molar-refractivity contribution >= 4 is 5.97 Å². The van der Waals surface area contributed by atoms with Gasteiger partial charge in [0.15, 0.2) is 6.29 Å². The van der Waals surface area contributed by atoms with E-state index in [1.54, 1.807) is 13.2 Å². The Morgan fingerprint density at radius 3 is 2.82 bits per heavy atom. The zero-order chi connectivity index (χ0) is 12.7. The maximum atomic E-state index is 11.3. The second-order valence-corrected chi connectivity index (χ2v) is 4.40. The molecule has 3 unspecified atom stereocenters. The van der Waals surface area contributed by atoms with Gasteiger partial charge in [-0.25, -0.2) is 0 Å². The number of hydrogen-bond acceptors (Lipinski definition) is 4. The van der Waals surface area contributed by atoms with Crippen molar-refractivity contribution < 1.29 is 19.0 Å². The molecule has 4 heteroatoms. The molecule has 1 aliphatic carbocycles. The summed E-state index contributed by atoms with van der Waals surface area (Å²) in [6, 6.07) is 0. The molecule has 98 valence electrons. The molecule has 1 fully saturated rings. The fourth-order valence-electron chi connectivity index (χ4n) is 2.30. The van der Waals surface area contributed by atoms with Gasteiger partial charge in [0.2, 0.25) is 0 Å². The summed E-state index contributed by atoms with van der Waals surface area (Å²) in [7, 11) is 3.04. The minimum absolute atomic E-state index is 0.0747. The molecule has 0 radical (unpaired) electrons. The van der Waals surface area contributed by atoms with Crippen molar-refractivity contribution in [2.75, 3.05) is 20.8 Å². The van der Waals surface area contributed by atoms with E-state index < -0.39 is 0 Å². The Balaban J connectivity index is 2.18. The number of carbonyl (C=O) groups is 1. The van der Waals surface area contributed by atoms with Crippen LogP contribution in [-0.2, 0) is 19.0 Å². The van der Waals surface area contributed by atoms with E-state index in [1.165, 1.54) is 7.11 Å². The Labute approximate surface area is 103 Å². The summed E-state index contributed by atoms with van der Waals surface area (Å²) < 4.78 is 15.3. The van der Waals surface area contributed by atoms with Gasteiger partial charge in [0.1, 0.15) is 0 Å². The Morgan fingerprint density at radius 2 is 2.24 bits per heavy atom. The van der Waals surface area contributed by atoms with Gasteiger partial charge in [-0.15, -0.1) is 0 Å². The van der Waals surface area contributed by atoms with E-state index in [1.807, 2.05) is 0 Å². The van der Waals surface area contributed by atoms with Crippen molar-refractivity contribution in [2.45, 2.75) is 32.0 Å². The van der Waals surface area contributed by atoms with E-state index in [4.69, 9.17) is 14.2 Å². The predicted octanol–water partition coefficient (Wildman–Crippen LogP) is 2.14. The van der Waals surface area contributed by atoms with E-state index >= 15 is 0 Å². The summed E-state index contributed by atoms with van der Waals surface area (Å²) in [6.07, 6.45) is 5.20. The third kappa shape index (κ3) is 4.48. The molecule has 0 aromatic heterocycles. The Morgan fingerprint density at radius 1 is 1.47 bits per heavy atom. The Bertz CT molecular complexity index is 252. The quantitative estimate of drug-likeness (QED) is 0.390. The van der Waals surface area contributed by atoms with Crippen molar-refractivity contribution in [2.24, 2.45) is 11.8 Å². The van der Waals surface area contributed by atoms with Crippen LogP contribution in [0.1, 0.15) is 25.7 Å². The second-order valence-electron chi connectivity index (χ2n) is 4.40. The number of hydrogen-bond donors (Lipinski definition) is 0. The fraction of sp³-hybridized carbons (Fsp3) is 0.769. The molecule has 1 aliphatic rings. The van der Waals surface area contributed by atoms with Crippen LogP contribution in [-0.4, -0.2) is 33.1 Å². The van der Waals surface area contributed by atoms with Crippen LogP contribution in [0.15, 0.2) is 12.7 Å². The van der Waals surface area contributed by atoms with Crippen molar-refractivity contribution in [3.8, 4) is 0 Å². The third-order valence-corrected chi connectivity index (χ3v) is 3.31. The van der Waals surface area contributed by atoms with Crippen LogP contribution >= 0.6 is 0 Å². The average molecular weight is 242 g/mol. The van der Waals surface area contributed by atoms with E-state index in [0.29, 0.717) is 12.5 Å². The van der Waals surface area contributed by atoms with E-state index in [-0.39, 0.29) is 18.2 Å². The summed E-state index contributed by atoms with van der Waals surface area (Å²) in [6.45, 7) is 4.26. The summed E-state index contributed by atoms with van der Waals surface area (Å²) in [4.78, 5) is 11.3. The summed E-state index contributed by atoms with van der Waals surface area (Å²) in [5.41, 5.74) is 0. The first-order valence-electron chi connectivity index (χ1n) is 6.06. The highest BCUT2D eigenvalue weighted by molar-refractivity contribution is 5.72. The fourth-order valence-corrected chi connectivity index (χ4v) is 2.30. The number of carbonyl (C=O) groups excluding carboxylic acids is 1. The van der Waals surface area contributed by atoms with Gasteiger partial charge in [-0.3, -0.25) is 4.79 Å². The van der Waals surface area contributed by atoms with Crippen molar-refractivity contribution in [1.82, 2.24) is 0 Å². The molecule has 17 heavy (non-hydrogen) atoms. The van der Waals surface area contributed by atoms with E-state index in [2.05, 4.69) is 6.58 Å². The molecular weight excluding hydrogens is 220 g/mol. The van der Waals surface area contributed by atoms with Crippen molar-refractivity contribution in [1.29, 1.82) is 0 Å². The van der Waals surface area contributed by atoms with E-state index in [0.717, 1.165) is 25.7 Å². The van der Waals surface area contributed by atoms with Crippen LogP contribution in [0.4, 0.5) is 0 Å². The van der Waals surface area contributed by atoms with Gasteiger partial charge in [0.25, 0.3) is 0 Å².